The number of nitrogens with zero attached hydrogens (tertiary/aromatic N) is 1. The summed E-state index contributed by atoms with van der Waals surface area (Å²) in [7, 11) is 1.83. The van der Waals surface area contributed by atoms with E-state index in [2.05, 4.69) is 29.3 Å². The Bertz CT molecular complexity index is 345. The second kappa shape index (κ2) is 7.24. The van der Waals surface area contributed by atoms with Crippen molar-refractivity contribution in [1.82, 2.24) is 10.2 Å². The first-order valence-corrected chi connectivity index (χ1v) is 7.67. The quantitative estimate of drug-likeness (QED) is 0.858. The van der Waals surface area contributed by atoms with Gasteiger partial charge in [-0.2, -0.15) is 0 Å². The fourth-order valence-corrected chi connectivity index (χ4v) is 3.40. The van der Waals surface area contributed by atoms with Gasteiger partial charge in [0, 0.05) is 43.0 Å². The van der Waals surface area contributed by atoms with Crippen LogP contribution in [0.3, 0.4) is 0 Å². The zero-order valence-corrected chi connectivity index (χ0v) is 12.3. The molecule has 2 heterocycles. The summed E-state index contributed by atoms with van der Waals surface area (Å²) in [6, 6.07) is 4.53. The summed E-state index contributed by atoms with van der Waals surface area (Å²) in [5.74, 6) is 0. The van der Waals surface area contributed by atoms with E-state index in [0.717, 1.165) is 19.6 Å². The van der Waals surface area contributed by atoms with E-state index in [1.807, 2.05) is 18.4 Å². The number of thiophene rings is 1. The predicted octanol–water partition coefficient (Wildman–Crippen LogP) is 2.47. The summed E-state index contributed by atoms with van der Waals surface area (Å²) < 4.78 is 5.41. The van der Waals surface area contributed by atoms with E-state index in [-0.39, 0.29) is 0 Å². The Morgan fingerprint density at radius 1 is 1.33 bits per heavy atom. The standard InChI is InChI=1S/C14H24N2OS/c1-3-15-10-13-4-5-14(18-13)11-16-8-6-12(17-2)7-9-16/h4-5,12,15H,3,6-11H2,1-2H3. The molecule has 1 aliphatic rings. The molecule has 0 radical (unpaired) electrons. The molecule has 0 unspecified atom stereocenters. The Morgan fingerprint density at radius 2 is 2.06 bits per heavy atom. The lowest BCUT2D eigenvalue weighted by molar-refractivity contribution is 0.0391. The maximum Gasteiger partial charge on any atom is 0.0595 e. The molecule has 0 spiro atoms. The van der Waals surface area contributed by atoms with E-state index >= 15 is 0 Å². The Kier molecular flexibility index (Phi) is 5.63. The van der Waals surface area contributed by atoms with E-state index in [9.17, 15) is 0 Å². The lowest BCUT2D eigenvalue weighted by Gasteiger charge is -2.30. The van der Waals surface area contributed by atoms with Gasteiger partial charge in [-0.05, 0) is 31.5 Å². The van der Waals surface area contributed by atoms with Gasteiger partial charge in [-0.1, -0.05) is 6.92 Å². The van der Waals surface area contributed by atoms with Gasteiger partial charge in [0.25, 0.3) is 0 Å². The third-order valence-electron chi connectivity index (χ3n) is 3.51. The lowest BCUT2D eigenvalue weighted by Crippen LogP contribution is -2.35. The average molecular weight is 268 g/mol. The van der Waals surface area contributed by atoms with Crippen LogP contribution < -0.4 is 5.32 Å². The molecule has 0 saturated carbocycles. The van der Waals surface area contributed by atoms with Gasteiger partial charge in [-0.3, -0.25) is 4.90 Å². The van der Waals surface area contributed by atoms with Gasteiger partial charge in [0.2, 0.25) is 0 Å². The van der Waals surface area contributed by atoms with Crippen molar-refractivity contribution in [3.8, 4) is 0 Å². The molecule has 2 rings (SSSR count). The van der Waals surface area contributed by atoms with Crippen molar-refractivity contribution in [1.29, 1.82) is 0 Å². The number of piperidine rings is 1. The smallest absolute Gasteiger partial charge is 0.0595 e. The molecular weight excluding hydrogens is 244 g/mol. The summed E-state index contributed by atoms with van der Waals surface area (Å²) in [6.07, 6.45) is 2.83. The second-order valence-electron chi connectivity index (χ2n) is 4.86. The summed E-state index contributed by atoms with van der Waals surface area (Å²) >= 11 is 1.94. The summed E-state index contributed by atoms with van der Waals surface area (Å²) in [5, 5.41) is 3.38. The molecule has 0 atom stereocenters. The van der Waals surface area contributed by atoms with E-state index in [1.165, 1.54) is 35.7 Å². The number of ether oxygens (including phenoxy) is 1. The van der Waals surface area contributed by atoms with Gasteiger partial charge in [-0.15, -0.1) is 11.3 Å². The Morgan fingerprint density at radius 3 is 2.72 bits per heavy atom. The molecule has 1 N–H and O–H groups in total. The Labute approximate surface area is 114 Å². The van der Waals surface area contributed by atoms with Crippen molar-refractivity contribution < 1.29 is 4.74 Å². The topological polar surface area (TPSA) is 24.5 Å². The van der Waals surface area contributed by atoms with Crippen LogP contribution in [0.15, 0.2) is 12.1 Å². The molecule has 1 fully saturated rings. The van der Waals surface area contributed by atoms with Crippen LogP contribution in [0, 0.1) is 0 Å². The third-order valence-corrected chi connectivity index (χ3v) is 4.58. The molecule has 0 amide bonds. The molecule has 0 aromatic carbocycles. The molecule has 4 heteroatoms. The van der Waals surface area contributed by atoms with Crippen LogP contribution in [-0.4, -0.2) is 37.7 Å². The van der Waals surface area contributed by atoms with Crippen LogP contribution in [0.2, 0.25) is 0 Å². The highest BCUT2D eigenvalue weighted by Gasteiger charge is 2.18. The van der Waals surface area contributed by atoms with Crippen LogP contribution in [0.25, 0.3) is 0 Å². The molecular formula is C14H24N2OS. The van der Waals surface area contributed by atoms with Gasteiger partial charge >= 0.3 is 0 Å². The monoisotopic (exact) mass is 268 g/mol. The molecule has 18 heavy (non-hydrogen) atoms. The van der Waals surface area contributed by atoms with Crippen LogP contribution in [0.5, 0.6) is 0 Å². The second-order valence-corrected chi connectivity index (χ2v) is 6.11. The zero-order chi connectivity index (χ0) is 12.8. The Balaban J connectivity index is 1.77. The zero-order valence-electron chi connectivity index (χ0n) is 11.4. The van der Waals surface area contributed by atoms with Gasteiger partial charge < -0.3 is 10.1 Å². The normalized spacial score (nSPS) is 18.3. The number of hydrogen-bond acceptors (Lipinski definition) is 4. The molecule has 1 aromatic heterocycles. The largest absolute Gasteiger partial charge is 0.381 e. The van der Waals surface area contributed by atoms with Crippen molar-refractivity contribution in [2.45, 2.75) is 39.0 Å². The number of methoxy groups -OCH3 is 1. The summed E-state index contributed by atoms with van der Waals surface area (Å²) in [6.45, 7) is 7.63. The van der Waals surface area contributed by atoms with Crippen molar-refractivity contribution in [2.75, 3.05) is 26.7 Å². The third kappa shape index (κ3) is 4.05. The van der Waals surface area contributed by atoms with Gasteiger partial charge in [0.05, 0.1) is 6.10 Å². The van der Waals surface area contributed by atoms with Crippen molar-refractivity contribution in [3.05, 3.63) is 21.9 Å². The molecule has 102 valence electrons. The minimum absolute atomic E-state index is 0.480. The Hall–Kier alpha value is -0.420. The van der Waals surface area contributed by atoms with Crippen molar-refractivity contribution in [3.63, 3.8) is 0 Å². The summed E-state index contributed by atoms with van der Waals surface area (Å²) in [4.78, 5) is 5.47. The maximum absolute atomic E-state index is 5.41. The molecule has 3 nitrogen and oxygen atoms in total. The molecule has 1 aliphatic heterocycles. The molecule has 0 bridgehead atoms. The van der Waals surface area contributed by atoms with E-state index < -0.39 is 0 Å². The van der Waals surface area contributed by atoms with Crippen LogP contribution in [0.4, 0.5) is 0 Å². The highest BCUT2D eigenvalue weighted by Crippen LogP contribution is 2.21. The van der Waals surface area contributed by atoms with E-state index in [4.69, 9.17) is 4.74 Å². The minimum atomic E-state index is 0.480. The van der Waals surface area contributed by atoms with Crippen molar-refractivity contribution in [2.24, 2.45) is 0 Å². The predicted molar refractivity (Wildman–Crippen MR) is 77.0 cm³/mol. The number of rotatable bonds is 6. The first kappa shape index (κ1) is 14.0. The van der Waals surface area contributed by atoms with Gasteiger partial charge in [-0.25, -0.2) is 0 Å². The fourth-order valence-electron chi connectivity index (χ4n) is 2.37. The van der Waals surface area contributed by atoms with Gasteiger partial charge in [0.1, 0.15) is 0 Å². The number of nitrogens with one attached hydrogen (secondary N) is 1. The SMILES string of the molecule is CCNCc1ccc(CN2CCC(OC)CC2)s1. The molecule has 1 saturated heterocycles. The highest BCUT2D eigenvalue weighted by molar-refractivity contribution is 7.11. The first-order chi connectivity index (χ1) is 8.81. The van der Waals surface area contributed by atoms with Crippen LogP contribution in [0.1, 0.15) is 29.5 Å². The first-order valence-electron chi connectivity index (χ1n) is 6.85. The fraction of sp³-hybridized carbons (Fsp3) is 0.714. The van der Waals surface area contributed by atoms with Crippen molar-refractivity contribution >= 4 is 11.3 Å². The maximum atomic E-state index is 5.41. The minimum Gasteiger partial charge on any atom is -0.381 e. The molecule has 0 aliphatic carbocycles. The highest BCUT2D eigenvalue weighted by atomic mass is 32.1. The molecule has 1 aromatic rings. The number of hydrogen-bond donors (Lipinski definition) is 1. The lowest BCUT2D eigenvalue weighted by atomic mass is 10.1. The number of likely N-dealkylation sites (tertiary alicyclic amines) is 1. The summed E-state index contributed by atoms with van der Waals surface area (Å²) in [5.41, 5.74) is 0. The van der Waals surface area contributed by atoms with Gasteiger partial charge in [0.15, 0.2) is 0 Å². The average Bonchev–Trinajstić information content (AvgIpc) is 2.85. The van der Waals surface area contributed by atoms with Crippen LogP contribution in [-0.2, 0) is 17.8 Å². The van der Waals surface area contributed by atoms with E-state index in [1.54, 1.807) is 0 Å². The van der Waals surface area contributed by atoms with Crippen LogP contribution >= 0.6 is 11.3 Å². The van der Waals surface area contributed by atoms with E-state index in [0.29, 0.717) is 6.10 Å².